The molecule has 758 valence electrons. The predicted molar refractivity (Wildman–Crippen MR) is 587 cm³/mol. The van der Waals surface area contributed by atoms with E-state index >= 15 is 0 Å². The number of hydrogen-bond donors (Lipinski definition) is 5. The maximum atomic E-state index is 12.9. The zero-order chi connectivity index (χ0) is 101. The molecular weight excluding hydrogens is 2020 g/mol. The van der Waals surface area contributed by atoms with Gasteiger partial charge in [0.15, 0.2) is 28.8 Å². The minimum atomic E-state index is -0.355. The standard InChI is InChI=1S/C23H23ClN4O2.C23H24N4O3.C22H21BrN4O2.C22H20Cl2N4O2.C22H21ClN4O2/c1-15-4-6-19-18(12-15)25-23(28(19)11-10-27-8-2-3-9-27)26-22(29)21-14-16-13-17(24)5-7-20(16)30-21;1-29-17-8-9-20-16(14-17)15-21(30-20)22(28)25-23-24-18-6-2-3-7-19(18)27(23)13-12-26-10-4-5-11-26;23-16-7-8-19-15(13-16)14-20(29-19)21(28)25-22-24-17-5-1-2-6-18(17)27(22)12-11-26-9-3-4-10-26;23-15-4-6-19-14(11-15)12-20(30-19)21(29)26-22-25-17-13-16(24)3-5-18(17)28(22)10-9-27-7-1-2-8-27;23-16-7-8-19-15(13-16)14-20(29-19)21(28)25-22-24-17-5-1-2-6-18(17)27(22)12-11-26-9-3-4-10-26/h4-7,12-14H,2-3,8-11H2,1H3,(H,25,26,29);2-3,6-9,14-15H,4-5,10-13H2,1H3,(H,24,25,28);1-2,5-8,13-14H,3-4,9-12H2,(H,24,25,28);3-6,11-13H,1-2,7-10H2,(H,25,26,29);1-2,5-8,13-14H,3-4,9-12H2,(H,24,25,28). The molecule has 10 aromatic heterocycles. The first-order valence-electron chi connectivity index (χ1n) is 50.2. The molecule has 20 aromatic rings. The molecule has 25 rings (SSSR count). The second-order valence-electron chi connectivity index (χ2n) is 37.7. The van der Waals surface area contributed by atoms with E-state index in [1.807, 2.05) is 139 Å². The molecule has 5 fully saturated rings. The molecule has 36 heteroatoms. The number of carbonyl (C=O) groups is 5. The molecule has 31 nitrogen and oxygen atoms in total. The molecule has 5 aliphatic rings. The van der Waals surface area contributed by atoms with Gasteiger partial charge in [0.25, 0.3) is 29.5 Å². The molecule has 5 amide bonds. The number of aryl methyl sites for hydroxylation is 1. The third-order valence-corrected chi connectivity index (χ3v) is 29.1. The summed E-state index contributed by atoms with van der Waals surface area (Å²) in [4.78, 5) is 100.0. The molecule has 0 spiro atoms. The van der Waals surface area contributed by atoms with Gasteiger partial charge >= 0.3 is 0 Å². The molecule has 10 aromatic carbocycles. The van der Waals surface area contributed by atoms with Crippen LogP contribution in [0.2, 0.25) is 20.1 Å². The number of rotatable bonds is 26. The number of nitrogens with zero attached hydrogens (tertiary/aromatic N) is 15. The van der Waals surface area contributed by atoms with Gasteiger partial charge in [-0.3, -0.25) is 50.6 Å². The number of benzene rings is 10. The number of anilines is 5. The second kappa shape index (κ2) is 45.3. The summed E-state index contributed by atoms with van der Waals surface area (Å²) in [5.41, 5.74) is 13.6. The van der Waals surface area contributed by atoms with Crippen molar-refractivity contribution in [2.75, 3.05) is 132 Å². The molecule has 0 bridgehead atoms. The number of aromatic nitrogens is 10. The van der Waals surface area contributed by atoms with E-state index in [-0.39, 0.29) is 58.3 Å². The Labute approximate surface area is 879 Å². The smallest absolute Gasteiger partial charge is 0.293 e. The van der Waals surface area contributed by atoms with Crippen molar-refractivity contribution in [2.24, 2.45) is 0 Å². The van der Waals surface area contributed by atoms with Gasteiger partial charge in [-0.15, -0.1) is 0 Å². The molecule has 0 unspecified atom stereocenters. The summed E-state index contributed by atoms with van der Waals surface area (Å²) >= 11 is 27.7. The highest BCUT2D eigenvalue weighted by Gasteiger charge is 2.29. The van der Waals surface area contributed by atoms with Crippen molar-refractivity contribution in [1.82, 2.24) is 72.3 Å². The first-order chi connectivity index (χ1) is 72.2. The van der Waals surface area contributed by atoms with Crippen LogP contribution in [-0.2, 0) is 32.7 Å². The van der Waals surface area contributed by atoms with E-state index in [1.165, 1.54) is 64.2 Å². The number of para-hydroxylation sites is 6. The van der Waals surface area contributed by atoms with Crippen LogP contribution in [0, 0.1) is 6.92 Å². The molecule has 0 aliphatic carbocycles. The number of furan rings is 5. The summed E-state index contributed by atoms with van der Waals surface area (Å²) in [7, 11) is 1.61. The fraction of sp³-hybridized carbons (Fsp3) is 0.286. The minimum Gasteiger partial charge on any atom is -0.497 e. The summed E-state index contributed by atoms with van der Waals surface area (Å²) in [5, 5.41) is 21.2. The molecule has 148 heavy (non-hydrogen) atoms. The Morgan fingerprint density at radius 3 is 0.851 bits per heavy atom. The van der Waals surface area contributed by atoms with E-state index < -0.39 is 0 Å². The number of hydrogen-bond acceptors (Lipinski definition) is 21. The van der Waals surface area contributed by atoms with Gasteiger partial charge in [0.2, 0.25) is 29.7 Å². The fourth-order valence-electron chi connectivity index (χ4n) is 20.0. The van der Waals surface area contributed by atoms with Crippen molar-refractivity contribution >= 4 is 232 Å². The number of carbonyl (C=O) groups excluding carboxylic acids is 5. The highest BCUT2D eigenvalue weighted by molar-refractivity contribution is 9.10. The zero-order valence-electron chi connectivity index (χ0n) is 81.7. The molecular formula is C112H109BrCl4N20O11. The molecule has 0 saturated carbocycles. The van der Waals surface area contributed by atoms with Crippen LogP contribution >= 0.6 is 62.3 Å². The van der Waals surface area contributed by atoms with Crippen molar-refractivity contribution in [2.45, 2.75) is 104 Å². The SMILES string of the molecule is COc1ccc2oc(C(=O)Nc3nc4ccccc4n3CCN3CCCC3)cc2c1.Cc1ccc2c(c1)nc(NC(=O)c1cc3cc(Cl)ccc3o1)n2CCN1CCCC1.O=C(Nc1nc2cc(Cl)ccc2n1CCN1CCCC1)c1cc2cc(Cl)ccc2o1.O=C(Nc1nc2ccccc2n1CCN1CCCC1)c1cc2cc(Br)ccc2o1.O=C(Nc1nc2ccccc2n1CCN1CCCC1)c1cc2cc(Cl)ccc2o1. The van der Waals surface area contributed by atoms with Crippen LogP contribution in [0.1, 0.15) is 123 Å². The third-order valence-electron chi connectivity index (χ3n) is 27.7. The van der Waals surface area contributed by atoms with Crippen molar-refractivity contribution < 1.29 is 50.8 Å². The number of ether oxygens (including phenoxy) is 1. The Bertz CT molecular complexity index is 7900. The lowest BCUT2D eigenvalue weighted by atomic mass is 10.2. The highest BCUT2D eigenvalue weighted by atomic mass is 79.9. The minimum absolute atomic E-state index is 0.212. The van der Waals surface area contributed by atoms with E-state index in [2.05, 4.69) is 117 Å². The van der Waals surface area contributed by atoms with Gasteiger partial charge in [0, 0.05) is 117 Å². The third kappa shape index (κ3) is 23.2. The van der Waals surface area contributed by atoms with Gasteiger partial charge < -0.3 is 74.2 Å². The number of nitrogens with one attached hydrogen (secondary N) is 5. The van der Waals surface area contributed by atoms with Gasteiger partial charge in [-0.1, -0.05) is 105 Å². The summed E-state index contributed by atoms with van der Waals surface area (Å²) in [6, 6.07) is 71.2. The van der Waals surface area contributed by atoms with Gasteiger partial charge in [0.1, 0.15) is 33.7 Å². The normalized spacial score (nSPS) is 14.7. The van der Waals surface area contributed by atoms with Crippen LogP contribution in [-0.4, -0.2) is 207 Å². The number of fused-ring (bicyclic) bond motifs is 10. The molecule has 0 radical (unpaired) electrons. The van der Waals surface area contributed by atoms with Gasteiger partial charge in [-0.2, -0.15) is 0 Å². The topological polar surface area (TPSA) is 326 Å². The summed E-state index contributed by atoms with van der Waals surface area (Å²) in [5.74, 6) is 2.96. The number of imidazole rings is 5. The van der Waals surface area contributed by atoms with E-state index in [0.29, 0.717) is 77.7 Å². The maximum absolute atomic E-state index is 12.9. The predicted octanol–water partition coefficient (Wildman–Crippen LogP) is 24.3. The largest absolute Gasteiger partial charge is 0.497 e. The Morgan fingerprint density at radius 2 is 0.534 bits per heavy atom. The van der Waals surface area contributed by atoms with E-state index in [4.69, 9.17) is 78.2 Å². The van der Waals surface area contributed by atoms with Crippen LogP contribution < -0.4 is 31.3 Å². The van der Waals surface area contributed by atoms with E-state index in [0.717, 1.165) is 229 Å². The summed E-state index contributed by atoms with van der Waals surface area (Å²) in [6.07, 6.45) is 12.5. The molecule has 15 heterocycles. The average Bonchev–Trinajstić information content (AvgIpc) is 1.64. The molecule has 0 atom stereocenters. The zero-order valence-corrected chi connectivity index (χ0v) is 86.4. The number of likely N-dealkylation sites (tertiary alicyclic amines) is 5. The van der Waals surface area contributed by atoms with Gasteiger partial charge in [-0.25, -0.2) is 24.9 Å². The lowest BCUT2D eigenvalue weighted by Crippen LogP contribution is -2.25. The van der Waals surface area contributed by atoms with Crippen LogP contribution in [0.3, 0.4) is 0 Å². The fourth-order valence-corrected chi connectivity index (χ4v) is 21.1. The number of methoxy groups -OCH3 is 1. The van der Waals surface area contributed by atoms with Crippen molar-refractivity contribution in [3.05, 3.63) is 289 Å². The molecule has 5 aliphatic heterocycles. The Balaban J connectivity index is 0.000000108. The van der Waals surface area contributed by atoms with Gasteiger partial charge in [0.05, 0.1) is 62.3 Å². The van der Waals surface area contributed by atoms with Gasteiger partial charge in [-0.05, 0) is 330 Å². The Hall–Kier alpha value is -14.2. The van der Waals surface area contributed by atoms with E-state index in [1.54, 1.807) is 98.1 Å². The van der Waals surface area contributed by atoms with Crippen molar-refractivity contribution in [1.29, 1.82) is 0 Å². The Kier molecular flexibility index (Phi) is 30.5. The monoisotopic (exact) mass is 2130 g/mol. The summed E-state index contributed by atoms with van der Waals surface area (Å²) < 4.78 is 45.1. The van der Waals surface area contributed by atoms with E-state index in [9.17, 15) is 24.0 Å². The lowest BCUT2D eigenvalue weighted by Gasteiger charge is -2.16. The van der Waals surface area contributed by atoms with Crippen LogP contribution in [0.15, 0.2) is 257 Å². The first kappa shape index (κ1) is 99.8. The molecule has 5 N–H and O–H groups in total. The van der Waals surface area contributed by atoms with Crippen LogP contribution in [0.4, 0.5) is 29.7 Å². The van der Waals surface area contributed by atoms with Crippen LogP contribution in [0.25, 0.3) is 110 Å². The van der Waals surface area contributed by atoms with Crippen LogP contribution in [0.5, 0.6) is 5.75 Å². The first-order valence-corrected chi connectivity index (χ1v) is 52.5. The lowest BCUT2D eigenvalue weighted by molar-refractivity contribution is 0.0990. The quantitative estimate of drug-likeness (QED) is 0.0336. The Morgan fingerprint density at radius 1 is 0.284 bits per heavy atom. The second-order valence-corrected chi connectivity index (χ2v) is 40.4. The number of amides is 5. The molecule has 5 saturated heterocycles. The summed E-state index contributed by atoms with van der Waals surface area (Å²) in [6.45, 7) is 21.8. The number of halogens is 5. The van der Waals surface area contributed by atoms with Crippen molar-refractivity contribution in [3.63, 3.8) is 0 Å². The average molecular weight is 2130 g/mol. The highest BCUT2D eigenvalue weighted by Crippen LogP contribution is 2.35. The van der Waals surface area contributed by atoms with Crippen molar-refractivity contribution in [3.8, 4) is 5.75 Å². The maximum Gasteiger partial charge on any atom is 0.293 e.